The SMILES string of the molecule is COC(=O)[C@@H]1CCCN1[S@](=O)(=NC(=O)OC(C)(C)C)c1ccc(C)nc1O[C@H](C)CCC=O. The van der Waals surface area contributed by atoms with Crippen LogP contribution in [0.2, 0.25) is 0 Å². The van der Waals surface area contributed by atoms with Gasteiger partial charge in [0.25, 0.3) is 0 Å². The maximum atomic E-state index is 14.5. The van der Waals surface area contributed by atoms with Crippen LogP contribution in [-0.4, -0.2) is 63.2 Å². The maximum Gasteiger partial charge on any atom is 0.443 e. The third kappa shape index (κ3) is 6.97. The second-order valence-electron chi connectivity index (χ2n) is 8.82. The number of amides is 1. The largest absolute Gasteiger partial charge is 0.474 e. The first-order valence-corrected chi connectivity index (χ1v) is 12.3. The van der Waals surface area contributed by atoms with Crippen molar-refractivity contribution < 1.29 is 32.8 Å². The Morgan fingerprint density at radius 2 is 2.06 bits per heavy atom. The molecule has 10 nitrogen and oxygen atoms in total. The van der Waals surface area contributed by atoms with Crippen LogP contribution in [-0.2, 0) is 29.0 Å². The van der Waals surface area contributed by atoms with E-state index < -0.39 is 39.7 Å². The minimum Gasteiger partial charge on any atom is -0.474 e. The summed E-state index contributed by atoms with van der Waals surface area (Å²) in [5.41, 5.74) is -0.261. The average molecular weight is 484 g/mol. The number of carbonyl (C=O) groups is 3. The lowest BCUT2D eigenvalue weighted by Crippen LogP contribution is -2.41. The van der Waals surface area contributed by atoms with Crippen LogP contribution in [0.25, 0.3) is 0 Å². The second kappa shape index (κ2) is 11.1. The molecule has 2 heterocycles. The predicted octanol–water partition coefficient (Wildman–Crippen LogP) is 3.45. The Bertz CT molecular complexity index is 996. The molecule has 0 radical (unpaired) electrons. The molecule has 0 unspecified atom stereocenters. The molecule has 1 aromatic rings. The fraction of sp³-hybridized carbons (Fsp3) is 0.636. The zero-order valence-electron chi connectivity index (χ0n) is 20.0. The monoisotopic (exact) mass is 483 g/mol. The Morgan fingerprint density at radius 1 is 1.36 bits per heavy atom. The van der Waals surface area contributed by atoms with Gasteiger partial charge >= 0.3 is 12.1 Å². The smallest absolute Gasteiger partial charge is 0.443 e. The van der Waals surface area contributed by atoms with E-state index in [0.717, 1.165) is 6.29 Å². The van der Waals surface area contributed by atoms with Crippen LogP contribution in [0, 0.1) is 6.92 Å². The lowest BCUT2D eigenvalue weighted by Gasteiger charge is -2.27. The number of hydrogen-bond acceptors (Lipinski definition) is 8. The molecule has 0 bridgehead atoms. The van der Waals surface area contributed by atoms with Crippen molar-refractivity contribution in [2.75, 3.05) is 13.7 Å². The van der Waals surface area contributed by atoms with Gasteiger partial charge in [0.1, 0.15) is 22.8 Å². The third-order valence-electron chi connectivity index (χ3n) is 4.84. The summed E-state index contributed by atoms with van der Waals surface area (Å²) < 4.78 is 36.0. The van der Waals surface area contributed by atoms with E-state index in [2.05, 4.69) is 9.35 Å². The normalized spacial score (nSPS) is 19.3. The number of esters is 1. The Balaban J connectivity index is 2.66. The van der Waals surface area contributed by atoms with Crippen LogP contribution in [0.4, 0.5) is 4.79 Å². The number of methoxy groups -OCH3 is 1. The summed E-state index contributed by atoms with van der Waals surface area (Å²) in [5.74, 6) is -0.539. The zero-order valence-corrected chi connectivity index (χ0v) is 20.8. The van der Waals surface area contributed by atoms with Crippen LogP contribution in [0.1, 0.15) is 59.1 Å². The Kier molecular flexibility index (Phi) is 8.96. The third-order valence-corrected chi connectivity index (χ3v) is 7.19. The molecule has 1 saturated heterocycles. The van der Waals surface area contributed by atoms with Crippen LogP contribution in [0.15, 0.2) is 21.4 Å². The standard InChI is InChI=1S/C22H33N3O7S/c1-15-11-12-18(19(23-15)31-16(2)9-8-14-26)33(29,24-21(28)32-22(3,4)5)25-13-7-10-17(25)20(27)30-6/h11-12,14,16-17H,7-10,13H2,1-6H3/t16-,17+,33-/m1/s1. The predicted molar refractivity (Wildman–Crippen MR) is 121 cm³/mol. The molecule has 3 atom stereocenters. The van der Waals surface area contributed by atoms with E-state index in [1.807, 2.05) is 0 Å². The summed E-state index contributed by atoms with van der Waals surface area (Å²) in [4.78, 5) is 40.3. The van der Waals surface area contributed by atoms with Crippen molar-refractivity contribution >= 4 is 28.3 Å². The summed E-state index contributed by atoms with van der Waals surface area (Å²) in [5, 5.41) is 0. The topological polar surface area (TPSA) is 124 Å². The number of nitrogens with zero attached hydrogens (tertiary/aromatic N) is 3. The van der Waals surface area contributed by atoms with Crippen LogP contribution in [0.5, 0.6) is 5.88 Å². The van der Waals surface area contributed by atoms with Crippen LogP contribution >= 0.6 is 0 Å². The molecular formula is C22H33N3O7S. The van der Waals surface area contributed by atoms with Crippen molar-refractivity contribution in [2.45, 2.75) is 82.9 Å². The number of aromatic nitrogens is 1. The quantitative estimate of drug-likeness (QED) is 0.407. The molecular weight excluding hydrogens is 450 g/mol. The summed E-state index contributed by atoms with van der Waals surface area (Å²) in [6.07, 6.45) is 1.03. The molecule has 0 aliphatic carbocycles. The highest BCUT2D eigenvalue weighted by molar-refractivity contribution is 7.91. The van der Waals surface area contributed by atoms with E-state index in [1.165, 1.54) is 17.5 Å². The van der Waals surface area contributed by atoms with Crippen molar-refractivity contribution in [3.8, 4) is 5.88 Å². The summed E-state index contributed by atoms with van der Waals surface area (Å²) in [6.45, 7) is 8.77. The fourth-order valence-corrected chi connectivity index (χ4v) is 5.55. The molecule has 0 spiro atoms. The summed E-state index contributed by atoms with van der Waals surface area (Å²) in [7, 11) is -2.46. The lowest BCUT2D eigenvalue weighted by molar-refractivity contribution is -0.144. The van der Waals surface area contributed by atoms with Crippen molar-refractivity contribution in [3.05, 3.63) is 17.8 Å². The van der Waals surface area contributed by atoms with Gasteiger partial charge in [-0.15, -0.1) is 4.36 Å². The Hall–Kier alpha value is -2.53. The van der Waals surface area contributed by atoms with Gasteiger partial charge in [0.2, 0.25) is 5.88 Å². The molecule has 0 saturated carbocycles. The molecule has 1 aliphatic rings. The zero-order chi connectivity index (χ0) is 24.8. The van der Waals surface area contributed by atoms with Gasteiger partial charge < -0.3 is 19.0 Å². The number of pyridine rings is 1. The number of ether oxygens (including phenoxy) is 3. The first-order valence-electron chi connectivity index (χ1n) is 10.8. The molecule has 0 N–H and O–H groups in total. The molecule has 1 aromatic heterocycles. The molecule has 1 aliphatic heterocycles. The van der Waals surface area contributed by atoms with E-state index in [9.17, 15) is 18.6 Å². The van der Waals surface area contributed by atoms with E-state index in [4.69, 9.17) is 14.2 Å². The van der Waals surface area contributed by atoms with E-state index in [-0.39, 0.29) is 23.7 Å². The van der Waals surface area contributed by atoms with E-state index >= 15 is 0 Å². The molecule has 0 aromatic carbocycles. The molecule has 11 heteroatoms. The Morgan fingerprint density at radius 3 is 2.67 bits per heavy atom. The van der Waals surface area contributed by atoms with Crippen molar-refractivity contribution in [1.29, 1.82) is 0 Å². The van der Waals surface area contributed by atoms with Gasteiger partial charge in [-0.05, 0) is 66.0 Å². The highest BCUT2D eigenvalue weighted by atomic mass is 32.2. The van der Waals surface area contributed by atoms with Gasteiger partial charge in [0.05, 0.1) is 13.2 Å². The van der Waals surface area contributed by atoms with Gasteiger partial charge in [-0.1, -0.05) is 0 Å². The average Bonchev–Trinajstić information content (AvgIpc) is 3.20. The fourth-order valence-electron chi connectivity index (χ4n) is 3.38. The molecule has 1 amide bonds. The number of hydrogen-bond donors (Lipinski definition) is 0. The van der Waals surface area contributed by atoms with Crippen molar-refractivity contribution in [3.63, 3.8) is 0 Å². The van der Waals surface area contributed by atoms with Gasteiger partial charge in [0, 0.05) is 18.7 Å². The molecule has 1 fully saturated rings. The number of rotatable bonds is 8. The summed E-state index contributed by atoms with van der Waals surface area (Å²) >= 11 is 0. The number of aldehydes is 1. The number of carbonyl (C=O) groups excluding carboxylic acids is 3. The highest BCUT2D eigenvalue weighted by Gasteiger charge is 2.41. The maximum absolute atomic E-state index is 14.5. The molecule has 33 heavy (non-hydrogen) atoms. The van der Waals surface area contributed by atoms with E-state index in [0.29, 0.717) is 25.0 Å². The lowest BCUT2D eigenvalue weighted by atomic mass is 10.2. The summed E-state index contributed by atoms with van der Waals surface area (Å²) in [6, 6.07) is 2.31. The van der Waals surface area contributed by atoms with Crippen LogP contribution in [0.3, 0.4) is 0 Å². The van der Waals surface area contributed by atoms with Crippen molar-refractivity contribution in [1.82, 2.24) is 9.29 Å². The molecule has 2 rings (SSSR count). The van der Waals surface area contributed by atoms with Gasteiger partial charge in [-0.3, -0.25) is 4.79 Å². The van der Waals surface area contributed by atoms with Crippen LogP contribution < -0.4 is 4.74 Å². The van der Waals surface area contributed by atoms with Gasteiger partial charge in [-0.2, -0.15) is 4.31 Å². The minimum absolute atomic E-state index is 0.0289. The first-order chi connectivity index (χ1) is 15.4. The molecule has 184 valence electrons. The number of aryl methyl sites for hydroxylation is 1. The highest BCUT2D eigenvalue weighted by Crippen LogP contribution is 2.34. The van der Waals surface area contributed by atoms with E-state index in [1.54, 1.807) is 40.7 Å². The van der Waals surface area contributed by atoms with Crippen molar-refractivity contribution in [2.24, 2.45) is 4.36 Å². The Labute approximate surface area is 195 Å². The second-order valence-corrected chi connectivity index (χ2v) is 10.9. The minimum atomic E-state index is -3.71. The van der Waals surface area contributed by atoms with Gasteiger partial charge in [-0.25, -0.2) is 14.0 Å². The van der Waals surface area contributed by atoms with Gasteiger partial charge in [0.15, 0.2) is 9.92 Å². The first kappa shape index (κ1) is 26.7.